The first-order valence-electron chi connectivity index (χ1n) is 6.09. The van der Waals surface area contributed by atoms with E-state index in [-0.39, 0.29) is 22.9 Å². The van der Waals surface area contributed by atoms with Crippen LogP contribution in [0.15, 0.2) is 18.2 Å². The van der Waals surface area contributed by atoms with Gasteiger partial charge in [0.1, 0.15) is 4.99 Å². The molecule has 1 amide bonds. The minimum Gasteiger partial charge on any atom is -0.389 e. The minimum absolute atomic E-state index is 0.122. The molecular formula is C13H16F3N3OS. The highest BCUT2D eigenvalue weighted by Gasteiger charge is 2.31. The van der Waals surface area contributed by atoms with Crippen LogP contribution in [0.25, 0.3) is 0 Å². The van der Waals surface area contributed by atoms with Crippen molar-refractivity contribution in [2.45, 2.75) is 12.6 Å². The third kappa shape index (κ3) is 4.59. The van der Waals surface area contributed by atoms with E-state index in [9.17, 15) is 18.0 Å². The third-order valence-electron chi connectivity index (χ3n) is 2.95. The van der Waals surface area contributed by atoms with Crippen LogP contribution < -0.4 is 16.0 Å². The lowest BCUT2D eigenvalue weighted by Crippen LogP contribution is -2.28. The zero-order chi connectivity index (χ0) is 16.2. The van der Waals surface area contributed by atoms with Gasteiger partial charge in [-0.15, -0.1) is 0 Å². The van der Waals surface area contributed by atoms with E-state index < -0.39 is 11.7 Å². The van der Waals surface area contributed by atoms with Crippen molar-refractivity contribution in [3.05, 3.63) is 29.3 Å². The molecule has 116 valence electrons. The summed E-state index contributed by atoms with van der Waals surface area (Å²) < 4.78 is 38.1. The number of hydrogen-bond acceptors (Lipinski definition) is 3. The van der Waals surface area contributed by atoms with E-state index in [0.29, 0.717) is 12.2 Å². The maximum Gasteiger partial charge on any atom is 0.416 e. The molecule has 4 nitrogen and oxygen atoms in total. The van der Waals surface area contributed by atoms with Gasteiger partial charge >= 0.3 is 6.18 Å². The number of anilines is 1. The lowest BCUT2D eigenvalue weighted by Gasteiger charge is -2.23. The summed E-state index contributed by atoms with van der Waals surface area (Å²) in [7, 11) is 3.17. The molecular weight excluding hydrogens is 303 g/mol. The van der Waals surface area contributed by atoms with Gasteiger partial charge in [0, 0.05) is 38.3 Å². The Labute approximate surface area is 126 Å². The van der Waals surface area contributed by atoms with Gasteiger partial charge in [-0.25, -0.2) is 0 Å². The first kappa shape index (κ1) is 17.2. The van der Waals surface area contributed by atoms with Gasteiger partial charge in [0.25, 0.3) is 0 Å². The molecule has 8 heteroatoms. The highest BCUT2D eigenvalue weighted by atomic mass is 32.1. The van der Waals surface area contributed by atoms with Crippen LogP contribution in [0.2, 0.25) is 0 Å². The van der Waals surface area contributed by atoms with Crippen molar-refractivity contribution in [2.75, 3.05) is 25.5 Å². The molecule has 0 saturated carbocycles. The maximum atomic E-state index is 12.7. The second-order valence-corrected chi connectivity index (χ2v) is 4.88. The number of thiocarbonyl (C=S) groups is 1. The highest BCUT2D eigenvalue weighted by Crippen LogP contribution is 2.32. The van der Waals surface area contributed by atoms with Gasteiger partial charge in [-0.05, 0) is 18.2 Å². The van der Waals surface area contributed by atoms with Crippen LogP contribution in [0, 0.1) is 0 Å². The van der Waals surface area contributed by atoms with Crippen molar-refractivity contribution >= 4 is 28.8 Å². The number of nitrogens with two attached hydrogens (primary N) is 1. The van der Waals surface area contributed by atoms with Crippen molar-refractivity contribution in [3.8, 4) is 0 Å². The summed E-state index contributed by atoms with van der Waals surface area (Å²) in [4.78, 5) is 12.7. The van der Waals surface area contributed by atoms with E-state index in [0.717, 1.165) is 12.1 Å². The number of halogens is 3. The largest absolute Gasteiger partial charge is 0.416 e. The molecule has 0 aliphatic carbocycles. The van der Waals surface area contributed by atoms with E-state index >= 15 is 0 Å². The van der Waals surface area contributed by atoms with Gasteiger partial charge in [0.15, 0.2) is 0 Å². The second kappa shape index (κ2) is 6.75. The van der Waals surface area contributed by atoms with Crippen LogP contribution in [-0.4, -0.2) is 31.5 Å². The Morgan fingerprint density at radius 2 is 2.05 bits per heavy atom. The first-order valence-corrected chi connectivity index (χ1v) is 6.50. The van der Waals surface area contributed by atoms with E-state index in [4.69, 9.17) is 18.0 Å². The Balaban J connectivity index is 3.06. The zero-order valence-corrected chi connectivity index (χ0v) is 12.4. The number of nitrogens with zero attached hydrogens (tertiary/aromatic N) is 1. The molecule has 0 aliphatic rings. The predicted octanol–water partition coefficient (Wildman–Crippen LogP) is 1.91. The topological polar surface area (TPSA) is 58.4 Å². The molecule has 0 aromatic heterocycles. The van der Waals surface area contributed by atoms with Crippen molar-refractivity contribution < 1.29 is 18.0 Å². The number of alkyl halides is 3. The van der Waals surface area contributed by atoms with Crippen LogP contribution in [0.3, 0.4) is 0 Å². The Hall–Kier alpha value is -1.83. The standard InChI is InChI=1S/C13H16F3N3OS/c1-18-11(20)5-6-19(2)10-4-3-8(13(14,15)16)7-9(10)12(17)21/h3-4,7H,5-6H2,1-2H3,(H2,17,21)(H,18,20). The molecule has 0 heterocycles. The van der Waals surface area contributed by atoms with Gasteiger partial charge in [0.05, 0.1) is 5.56 Å². The molecule has 3 N–H and O–H groups in total. The molecule has 21 heavy (non-hydrogen) atoms. The number of nitrogens with one attached hydrogen (secondary N) is 1. The molecule has 1 aromatic carbocycles. The zero-order valence-electron chi connectivity index (χ0n) is 11.6. The van der Waals surface area contributed by atoms with Crippen molar-refractivity contribution in [1.29, 1.82) is 0 Å². The molecule has 0 saturated heterocycles. The number of carbonyl (C=O) groups excluding carboxylic acids is 1. The monoisotopic (exact) mass is 319 g/mol. The Morgan fingerprint density at radius 1 is 1.43 bits per heavy atom. The van der Waals surface area contributed by atoms with Gasteiger partial charge in [0.2, 0.25) is 5.91 Å². The number of benzene rings is 1. The fourth-order valence-corrected chi connectivity index (χ4v) is 1.92. The summed E-state index contributed by atoms with van der Waals surface area (Å²) in [5.74, 6) is -0.161. The van der Waals surface area contributed by atoms with Crippen molar-refractivity contribution in [3.63, 3.8) is 0 Å². The number of hydrogen-bond donors (Lipinski definition) is 2. The fraction of sp³-hybridized carbons (Fsp3) is 0.385. The van der Waals surface area contributed by atoms with E-state index in [1.54, 1.807) is 11.9 Å². The smallest absolute Gasteiger partial charge is 0.389 e. The predicted molar refractivity (Wildman–Crippen MR) is 79.3 cm³/mol. The fourth-order valence-electron chi connectivity index (χ4n) is 1.76. The summed E-state index contributed by atoms with van der Waals surface area (Å²) in [6, 6.07) is 3.20. The molecule has 0 atom stereocenters. The molecule has 0 bridgehead atoms. The quantitative estimate of drug-likeness (QED) is 0.814. The summed E-state index contributed by atoms with van der Waals surface area (Å²) in [5.41, 5.74) is 5.29. The summed E-state index contributed by atoms with van der Waals surface area (Å²) in [6.45, 7) is 0.334. The minimum atomic E-state index is -4.46. The number of amides is 1. The van der Waals surface area contributed by atoms with Crippen molar-refractivity contribution in [1.82, 2.24) is 5.32 Å². The first-order chi connectivity index (χ1) is 9.66. The van der Waals surface area contributed by atoms with Crippen LogP contribution in [0.5, 0.6) is 0 Å². The van der Waals surface area contributed by atoms with E-state index in [1.165, 1.54) is 13.1 Å². The third-order valence-corrected chi connectivity index (χ3v) is 3.17. The second-order valence-electron chi connectivity index (χ2n) is 4.44. The van der Waals surface area contributed by atoms with Crippen molar-refractivity contribution in [2.24, 2.45) is 5.73 Å². The lowest BCUT2D eigenvalue weighted by molar-refractivity contribution is -0.137. The molecule has 0 unspecified atom stereocenters. The molecule has 1 aromatic rings. The average Bonchev–Trinajstić information content (AvgIpc) is 2.42. The van der Waals surface area contributed by atoms with E-state index in [2.05, 4.69) is 5.32 Å². The molecule has 0 fully saturated rings. The number of carbonyl (C=O) groups is 1. The molecule has 0 spiro atoms. The van der Waals surface area contributed by atoms with Crippen LogP contribution in [0.4, 0.5) is 18.9 Å². The Morgan fingerprint density at radius 3 is 2.52 bits per heavy atom. The normalized spacial score (nSPS) is 11.1. The SMILES string of the molecule is CNC(=O)CCN(C)c1ccc(C(F)(F)F)cc1C(N)=S. The summed E-state index contributed by atoms with van der Waals surface area (Å²) in [6.07, 6.45) is -4.25. The van der Waals surface area contributed by atoms with Crippen LogP contribution >= 0.6 is 12.2 Å². The lowest BCUT2D eigenvalue weighted by atomic mass is 10.1. The van der Waals surface area contributed by atoms with E-state index in [1.807, 2.05) is 0 Å². The molecule has 1 rings (SSSR count). The average molecular weight is 319 g/mol. The summed E-state index contributed by atoms with van der Waals surface area (Å²) >= 11 is 4.81. The highest BCUT2D eigenvalue weighted by molar-refractivity contribution is 7.80. The van der Waals surface area contributed by atoms with Crippen LogP contribution in [-0.2, 0) is 11.0 Å². The van der Waals surface area contributed by atoms with Gasteiger partial charge < -0.3 is 16.0 Å². The van der Waals surface area contributed by atoms with Gasteiger partial charge in [-0.2, -0.15) is 13.2 Å². The summed E-state index contributed by atoms with van der Waals surface area (Å²) in [5, 5.41) is 2.47. The van der Waals surface area contributed by atoms with Gasteiger partial charge in [-0.1, -0.05) is 12.2 Å². The van der Waals surface area contributed by atoms with Crippen LogP contribution in [0.1, 0.15) is 17.5 Å². The Bertz CT molecular complexity index is 546. The Kier molecular flexibility index (Phi) is 5.54. The number of rotatable bonds is 5. The molecule has 0 aliphatic heterocycles. The maximum absolute atomic E-state index is 12.7. The van der Waals surface area contributed by atoms with Gasteiger partial charge in [-0.3, -0.25) is 4.79 Å². The molecule has 0 radical (unpaired) electrons.